The first-order chi connectivity index (χ1) is 7.62. The van der Waals surface area contributed by atoms with Gasteiger partial charge >= 0.3 is 6.18 Å². The van der Waals surface area contributed by atoms with Crippen LogP contribution in [0, 0.1) is 6.92 Å². The van der Waals surface area contributed by atoms with E-state index in [1.165, 1.54) is 16.9 Å². The number of alkyl halides is 3. The van der Waals surface area contributed by atoms with Crippen LogP contribution < -0.4 is 10.5 Å². The van der Waals surface area contributed by atoms with E-state index < -0.39 is 22.7 Å². The topological polar surface area (TPSA) is 72.2 Å². The van der Waals surface area contributed by atoms with Gasteiger partial charge in [-0.3, -0.25) is 0 Å². The summed E-state index contributed by atoms with van der Waals surface area (Å²) in [4.78, 5) is -0.242. The number of rotatable bonds is 3. The first-order valence-electron chi connectivity index (χ1n) is 4.54. The lowest BCUT2D eigenvalue weighted by molar-refractivity contribution is -0.121. The molecule has 0 unspecified atom stereocenters. The minimum Gasteiger partial charge on any atom is -0.399 e. The summed E-state index contributed by atoms with van der Waals surface area (Å²) in [5.74, 6) is 0. The summed E-state index contributed by atoms with van der Waals surface area (Å²) >= 11 is 0. The van der Waals surface area contributed by atoms with Gasteiger partial charge in [0.25, 0.3) is 0 Å². The zero-order valence-corrected chi connectivity index (χ0v) is 9.69. The third-order valence-corrected chi connectivity index (χ3v) is 3.41. The predicted molar refractivity (Wildman–Crippen MR) is 56.8 cm³/mol. The van der Waals surface area contributed by atoms with Crippen molar-refractivity contribution in [2.24, 2.45) is 0 Å². The number of benzene rings is 1. The first kappa shape index (κ1) is 13.8. The highest BCUT2D eigenvalue weighted by atomic mass is 32.2. The third-order valence-electron chi connectivity index (χ3n) is 2.01. The number of sulfonamides is 1. The fraction of sp³-hybridized carbons (Fsp3) is 0.333. The second-order valence-electron chi connectivity index (χ2n) is 3.46. The van der Waals surface area contributed by atoms with Crippen LogP contribution in [0.4, 0.5) is 18.9 Å². The van der Waals surface area contributed by atoms with Crippen molar-refractivity contribution in [2.45, 2.75) is 18.0 Å². The smallest absolute Gasteiger partial charge is 0.399 e. The average Bonchev–Trinajstić information content (AvgIpc) is 2.18. The molecule has 1 aromatic rings. The van der Waals surface area contributed by atoms with Crippen LogP contribution in [0.25, 0.3) is 0 Å². The van der Waals surface area contributed by atoms with Crippen molar-refractivity contribution in [3.8, 4) is 0 Å². The van der Waals surface area contributed by atoms with Crippen molar-refractivity contribution in [3.05, 3.63) is 23.8 Å². The van der Waals surface area contributed by atoms with Gasteiger partial charge in [0, 0.05) is 5.69 Å². The molecule has 8 heteroatoms. The molecular weight excluding hydrogens is 257 g/mol. The Morgan fingerprint density at radius 1 is 1.35 bits per heavy atom. The largest absolute Gasteiger partial charge is 0.402 e. The van der Waals surface area contributed by atoms with Crippen molar-refractivity contribution < 1.29 is 21.6 Å². The minimum atomic E-state index is -4.59. The molecule has 0 aliphatic carbocycles. The number of nitrogens with two attached hydrogens (primary N) is 1. The summed E-state index contributed by atoms with van der Waals surface area (Å²) in [6.07, 6.45) is -4.59. The highest BCUT2D eigenvalue weighted by Gasteiger charge is 2.30. The maximum atomic E-state index is 11.9. The number of halogens is 3. The molecule has 3 N–H and O–H groups in total. The fourth-order valence-corrected chi connectivity index (χ4v) is 2.17. The maximum absolute atomic E-state index is 11.9. The highest BCUT2D eigenvalue weighted by Crippen LogP contribution is 2.18. The molecule has 0 bridgehead atoms. The molecule has 0 heterocycles. The molecule has 0 fully saturated rings. The Morgan fingerprint density at radius 2 is 1.94 bits per heavy atom. The Kier molecular flexibility index (Phi) is 3.68. The Morgan fingerprint density at radius 3 is 2.41 bits per heavy atom. The molecule has 0 aliphatic heterocycles. The minimum absolute atomic E-state index is 0.242. The number of hydrogen-bond donors (Lipinski definition) is 2. The molecule has 0 saturated carbocycles. The SMILES string of the molecule is Cc1cc(S(=O)(=O)NCC(F)(F)F)ccc1N. The van der Waals surface area contributed by atoms with Crippen molar-refractivity contribution in [1.29, 1.82) is 0 Å². The number of anilines is 1. The van der Waals surface area contributed by atoms with E-state index >= 15 is 0 Å². The number of nitrogen functional groups attached to an aromatic ring is 1. The lowest BCUT2D eigenvalue weighted by Gasteiger charge is -2.10. The van der Waals surface area contributed by atoms with Gasteiger partial charge in [-0.15, -0.1) is 0 Å². The van der Waals surface area contributed by atoms with Crippen LogP contribution in [0.2, 0.25) is 0 Å². The number of nitrogens with one attached hydrogen (secondary N) is 1. The quantitative estimate of drug-likeness (QED) is 0.814. The van der Waals surface area contributed by atoms with Crippen LogP contribution in [0.1, 0.15) is 5.56 Å². The van der Waals surface area contributed by atoms with E-state index in [0.717, 1.165) is 6.07 Å². The maximum Gasteiger partial charge on any atom is 0.402 e. The fourth-order valence-electron chi connectivity index (χ4n) is 1.08. The summed E-state index contributed by atoms with van der Waals surface area (Å²) in [6, 6.07) is 3.70. The van der Waals surface area contributed by atoms with Gasteiger partial charge in [0.1, 0.15) is 6.54 Å². The van der Waals surface area contributed by atoms with Gasteiger partial charge in [0.2, 0.25) is 10.0 Å². The van der Waals surface area contributed by atoms with Crippen LogP contribution >= 0.6 is 0 Å². The monoisotopic (exact) mass is 268 g/mol. The van der Waals surface area contributed by atoms with Gasteiger partial charge in [0.05, 0.1) is 4.90 Å². The standard InChI is InChI=1S/C9H11F3N2O2S/c1-6-4-7(2-3-8(6)13)17(15,16)14-5-9(10,11)12/h2-4,14H,5,13H2,1H3. The molecule has 0 aromatic heterocycles. The van der Waals surface area contributed by atoms with Gasteiger partial charge in [-0.05, 0) is 30.7 Å². The summed E-state index contributed by atoms with van der Waals surface area (Å²) < 4.78 is 60.1. The van der Waals surface area contributed by atoms with E-state index in [0.29, 0.717) is 11.3 Å². The molecule has 0 aliphatic rings. The highest BCUT2D eigenvalue weighted by molar-refractivity contribution is 7.89. The van der Waals surface area contributed by atoms with Crippen molar-refractivity contribution in [2.75, 3.05) is 12.3 Å². The Balaban J connectivity index is 2.94. The normalized spacial score (nSPS) is 12.7. The summed E-state index contributed by atoms with van der Waals surface area (Å²) in [6.45, 7) is -0.0309. The summed E-state index contributed by atoms with van der Waals surface area (Å²) in [5.41, 5.74) is 6.34. The van der Waals surface area contributed by atoms with Crippen molar-refractivity contribution in [3.63, 3.8) is 0 Å². The van der Waals surface area contributed by atoms with Gasteiger partial charge in [-0.1, -0.05) is 0 Å². The van der Waals surface area contributed by atoms with Crippen LogP contribution in [-0.4, -0.2) is 21.1 Å². The van der Waals surface area contributed by atoms with E-state index in [2.05, 4.69) is 0 Å². The van der Waals surface area contributed by atoms with E-state index in [1.807, 2.05) is 0 Å². The molecule has 0 saturated heterocycles. The molecular formula is C9H11F3N2O2S. The second kappa shape index (κ2) is 4.53. The lowest BCUT2D eigenvalue weighted by atomic mass is 10.2. The van der Waals surface area contributed by atoms with E-state index in [-0.39, 0.29) is 4.90 Å². The molecule has 1 aromatic carbocycles. The zero-order chi connectivity index (χ0) is 13.3. The third kappa shape index (κ3) is 3.90. The van der Waals surface area contributed by atoms with Crippen molar-refractivity contribution >= 4 is 15.7 Å². The average molecular weight is 268 g/mol. The van der Waals surface area contributed by atoms with E-state index in [4.69, 9.17) is 5.73 Å². The van der Waals surface area contributed by atoms with E-state index in [9.17, 15) is 21.6 Å². The Bertz CT molecular complexity index is 511. The summed E-state index contributed by atoms with van der Waals surface area (Å²) in [5, 5.41) is 0. The van der Waals surface area contributed by atoms with Gasteiger partial charge in [0.15, 0.2) is 0 Å². The molecule has 1 rings (SSSR count). The van der Waals surface area contributed by atoms with Crippen LogP contribution in [0.3, 0.4) is 0 Å². The van der Waals surface area contributed by atoms with Crippen LogP contribution in [-0.2, 0) is 10.0 Å². The number of aryl methyl sites for hydroxylation is 1. The predicted octanol–water partition coefficient (Wildman–Crippen LogP) is 1.42. The first-order valence-corrected chi connectivity index (χ1v) is 6.03. The van der Waals surface area contributed by atoms with Crippen molar-refractivity contribution in [1.82, 2.24) is 4.72 Å². The number of hydrogen-bond acceptors (Lipinski definition) is 3. The van der Waals surface area contributed by atoms with Crippen LogP contribution in [0.15, 0.2) is 23.1 Å². The zero-order valence-electron chi connectivity index (χ0n) is 8.88. The summed E-state index contributed by atoms with van der Waals surface area (Å²) in [7, 11) is -4.16. The van der Waals surface area contributed by atoms with E-state index in [1.54, 1.807) is 6.92 Å². The molecule has 17 heavy (non-hydrogen) atoms. The molecule has 0 atom stereocenters. The molecule has 0 spiro atoms. The molecule has 0 radical (unpaired) electrons. The van der Waals surface area contributed by atoms with Crippen LogP contribution in [0.5, 0.6) is 0 Å². The van der Waals surface area contributed by atoms with Gasteiger partial charge in [-0.2, -0.15) is 13.2 Å². The Hall–Kier alpha value is -1.28. The Labute approximate surface area is 96.7 Å². The van der Waals surface area contributed by atoms with Gasteiger partial charge in [-0.25, -0.2) is 13.1 Å². The molecule has 4 nitrogen and oxygen atoms in total. The molecule has 96 valence electrons. The van der Waals surface area contributed by atoms with Gasteiger partial charge < -0.3 is 5.73 Å². The lowest BCUT2D eigenvalue weighted by Crippen LogP contribution is -2.33. The second-order valence-corrected chi connectivity index (χ2v) is 5.23. The molecule has 0 amide bonds.